The van der Waals surface area contributed by atoms with Crippen LogP contribution in [0.15, 0.2) is 16.6 Å². The second kappa shape index (κ2) is 3.03. The van der Waals surface area contributed by atoms with Gasteiger partial charge in [0.1, 0.15) is 11.8 Å². The van der Waals surface area contributed by atoms with Crippen molar-refractivity contribution in [2.24, 2.45) is 0 Å². The van der Waals surface area contributed by atoms with Gasteiger partial charge in [-0.3, -0.25) is 0 Å². The van der Waals surface area contributed by atoms with Crippen molar-refractivity contribution in [3.05, 3.63) is 27.9 Å². The number of phenols is 1. The molecule has 2 rings (SSSR count). The molecule has 1 aromatic carbocycles. The van der Waals surface area contributed by atoms with Gasteiger partial charge in [0.25, 0.3) is 0 Å². The average molecular weight is 251 g/mol. The SMILES string of the molecule is Cc1[nH]c2ccc(O)c(Br)c2c1C#N. The van der Waals surface area contributed by atoms with Crippen molar-refractivity contribution in [1.29, 1.82) is 5.26 Å². The first-order valence-electron chi connectivity index (χ1n) is 4.05. The van der Waals surface area contributed by atoms with Crippen molar-refractivity contribution in [2.75, 3.05) is 0 Å². The minimum Gasteiger partial charge on any atom is -0.507 e. The normalized spacial score (nSPS) is 10.4. The highest BCUT2D eigenvalue weighted by molar-refractivity contribution is 9.10. The van der Waals surface area contributed by atoms with Crippen LogP contribution in [0.4, 0.5) is 0 Å². The fraction of sp³-hybridized carbons (Fsp3) is 0.100. The molecule has 1 heterocycles. The number of aromatic amines is 1. The molecule has 0 saturated carbocycles. The molecule has 4 heteroatoms. The number of halogens is 1. The highest BCUT2D eigenvalue weighted by Gasteiger charge is 2.12. The van der Waals surface area contributed by atoms with E-state index in [1.54, 1.807) is 12.1 Å². The molecule has 0 radical (unpaired) electrons. The van der Waals surface area contributed by atoms with Crippen LogP contribution in [0.5, 0.6) is 5.75 Å². The first-order valence-corrected chi connectivity index (χ1v) is 4.84. The number of fused-ring (bicyclic) bond motifs is 1. The second-order valence-corrected chi connectivity index (χ2v) is 3.85. The van der Waals surface area contributed by atoms with E-state index in [9.17, 15) is 5.11 Å². The zero-order chi connectivity index (χ0) is 10.3. The monoisotopic (exact) mass is 250 g/mol. The van der Waals surface area contributed by atoms with Crippen LogP contribution in [-0.4, -0.2) is 10.1 Å². The predicted molar refractivity (Wildman–Crippen MR) is 57.1 cm³/mol. The molecule has 0 aliphatic heterocycles. The number of nitrogens with one attached hydrogen (secondary N) is 1. The minimum absolute atomic E-state index is 0.146. The van der Waals surface area contributed by atoms with Gasteiger partial charge < -0.3 is 10.1 Å². The summed E-state index contributed by atoms with van der Waals surface area (Å²) in [5.74, 6) is 0.146. The molecule has 0 atom stereocenters. The second-order valence-electron chi connectivity index (χ2n) is 3.06. The van der Waals surface area contributed by atoms with E-state index >= 15 is 0 Å². The van der Waals surface area contributed by atoms with E-state index in [0.29, 0.717) is 10.0 Å². The van der Waals surface area contributed by atoms with Crippen LogP contribution in [0.2, 0.25) is 0 Å². The van der Waals surface area contributed by atoms with Gasteiger partial charge in [-0.15, -0.1) is 0 Å². The number of nitrogens with zero attached hydrogens (tertiary/aromatic N) is 1. The Labute approximate surface area is 89.1 Å². The highest BCUT2D eigenvalue weighted by atomic mass is 79.9. The lowest BCUT2D eigenvalue weighted by atomic mass is 10.1. The lowest BCUT2D eigenvalue weighted by Crippen LogP contribution is -1.76. The fourth-order valence-corrected chi connectivity index (χ4v) is 2.05. The Morgan fingerprint density at radius 1 is 1.50 bits per heavy atom. The molecule has 0 fully saturated rings. The Bertz CT molecular complexity index is 551. The molecular weight excluding hydrogens is 244 g/mol. The highest BCUT2D eigenvalue weighted by Crippen LogP contribution is 2.35. The predicted octanol–water partition coefficient (Wildman–Crippen LogP) is 2.82. The molecule has 70 valence electrons. The molecule has 0 aliphatic carbocycles. The zero-order valence-corrected chi connectivity index (χ0v) is 9.01. The molecule has 1 aromatic heterocycles. The topological polar surface area (TPSA) is 59.8 Å². The largest absolute Gasteiger partial charge is 0.507 e. The van der Waals surface area contributed by atoms with Crippen LogP contribution in [0, 0.1) is 18.3 Å². The van der Waals surface area contributed by atoms with Gasteiger partial charge in [-0.2, -0.15) is 5.26 Å². The van der Waals surface area contributed by atoms with Crippen LogP contribution < -0.4 is 0 Å². The van der Waals surface area contributed by atoms with E-state index in [1.165, 1.54) is 0 Å². The summed E-state index contributed by atoms with van der Waals surface area (Å²) in [6.45, 7) is 1.84. The fourth-order valence-electron chi connectivity index (χ4n) is 1.51. The molecular formula is C10H7BrN2O. The molecule has 14 heavy (non-hydrogen) atoms. The van der Waals surface area contributed by atoms with Gasteiger partial charge in [0.2, 0.25) is 0 Å². The lowest BCUT2D eigenvalue weighted by Gasteiger charge is -1.97. The molecule has 0 unspecified atom stereocenters. The number of hydrogen-bond donors (Lipinski definition) is 2. The summed E-state index contributed by atoms with van der Waals surface area (Å²) in [6, 6.07) is 5.45. The van der Waals surface area contributed by atoms with Crippen molar-refractivity contribution in [3.63, 3.8) is 0 Å². The van der Waals surface area contributed by atoms with Gasteiger partial charge in [-0.05, 0) is 35.0 Å². The summed E-state index contributed by atoms with van der Waals surface area (Å²) in [6.07, 6.45) is 0. The van der Waals surface area contributed by atoms with E-state index in [1.807, 2.05) is 6.92 Å². The van der Waals surface area contributed by atoms with Crippen LogP contribution in [-0.2, 0) is 0 Å². The Hall–Kier alpha value is -1.47. The van der Waals surface area contributed by atoms with Crippen molar-refractivity contribution in [3.8, 4) is 11.8 Å². The molecule has 2 aromatic rings. The third-order valence-electron chi connectivity index (χ3n) is 2.18. The summed E-state index contributed by atoms with van der Waals surface area (Å²) in [4.78, 5) is 3.08. The first-order chi connectivity index (χ1) is 6.65. The smallest absolute Gasteiger partial charge is 0.130 e. The quantitative estimate of drug-likeness (QED) is 0.756. The zero-order valence-electron chi connectivity index (χ0n) is 7.43. The van der Waals surface area contributed by atoms with Crippen molar-refractivity contribution in [1.82, 2.24) is 4.98 Å². The Morgan fingerprint density at radius 3 is 2.86 bits per heavy atom. The van der Waals surface area contributed by atoms with Gasteiger partial charge in [-0.25, -0.2) is 0 Å². The third kappa shape index (κ3) is 1.10. The average Bonchev–Trinajstić information content (AvgIpc) is 2.48. The van der Waals surface area contributed by atoms with Crippen LogP contribution in [0.3, 0.4) is 0 Å². The number of phenolic OH excluding ortho intramolecular Hbond substituents is 1. The number of aromatic hydroxyl groups is 1. The first kappa shape index (κ1) is 9.10. The maximum absolute atomic E-state index is 9.48. The van der Waals surface area contributed by atoms with E-state index < -0.39 is 0 Å². The third-order valence-corrected chi connectivity index (χ3v) is 2.98. The Morgan fingerprint density at radius 2 is 2.21 bits per heavy atom. The summed E-state index contributed by atoms with van der Waals surface area (Å²) in [5.41, 5.74) is 2.24. The molecule has 2 N–H and O–H groups in total. The maximum Gasteiger partial charge on any atom is 0.130 e. The maximum atomic E-state index is 9.48. The van der Waals surface area contributed by atoms with Gasteiger partial charge in [0.15, 0.2) is 0 Å². The van der Waals surface area contributed by atoms with Gasteiger partial charge in [0, 0.05) is 16.6 Å². The molecule has 0 amide bonds. The standard InChI is InChI=1S/C10H7BrN2O/c1-5-6(4-12)9-7(13-5)2-3-8(14)10(9)11/h2-3,13-14H,1H3. The summed E-state index contributed by atoms with van der Waals surface area (Å²) in [7, 11) is 0. The molecule has 3 nitrogen and oxygen atoms in total. The van der Waals surface area contributed by atoms with E-state index in [-0.39, 0.29) is 5.75 Å². The Balaban J connectivity index is 3.00. The molecule has 0 bridgehead atoms. The Kier molecular flexibility index (Phi) is 1.97. The number of H-pyrrole nitrogens is 1. The number of aryl methyl sites for hydroxylation is 1. The number of nitriles is 1. The van der Waals surface area contributed by atoms with E-state index in [4.69, 9.17) is 5.26 Å². The van der Waals surface area contributed by atoms with E-state index in [2.05, 4.69) is 27.0 Å². The van der Waals surface area contributed by atoms with Crippen molar-refractivity contribution in [2.45, 2.75) is 6.92 Å². The minimum atomic E-state index is 0.146. The van der Waals surface area contributed by atoms with Gasteiger partial charge in [0.05, 0.1) is 10.0 Å². The van der Waals surface area contributed by atoms with Crippen LogP contribution >= 0.6 is 15.9 Å². The summed E-state index contributed by atoms with van der Waals surface area (Å²) in [5, 5.41) is 19.2. The molecule has 0 spiro atoms. The number of hydrogen-bond acceptors (Lipinski definition) is 2. The lowest BCUT2D eigenvalue weighted by molar-refractivity contribution is 0.473. The summed E-state index contributed by atoms with van der Waals surface area (Å²) >= 11 is 3.26. The number of benzene rings is 1. The van der Waals surface area contributed by atoms with Crippen molar-refractivity contribution < 1.29 is 5.11 Å². The van der Waals surface area contributed by atoms with Crippen LogP contribution in [0.1, 0.15) is 11.3 Å². The van der Waals surface area contributed by atoms with Crippen molar-refractivity contribution >= 4 is 26.8 Å². The van der Waals surface area contributed by atoms with Crippen LogP contribution in [0.25, 0.3) is 10.9 Å². The van der Waals surface area contributed by atoms with E-state index in [0.717, 1.165) is 16.6 Å². The van der Waals surface area contributed by atoms with Gasteiger partial charge in [-0.1, -0.05) is 0 Å². The summed E-state index contributed by atoms with van der Waals surface area (Å²) < 4.78 is 0.566. The number of rotatable bonds is 0. The molecule has 0 saturated heterocycles. The van der Waals surface area contributed by atoms with Gasteiger partial charge >= 0.3 is 0 Å². The number of aromatic nitrogens is 1. The molecule has 0 aliphatic rings.